The van der Waals surface area contributed by atoms with E-state index < -0.39 is 24.0 Å². The lowest BCUT2D eigenvalue weighted by atomic mass is 10.1. The van der Waals surface area contributed by atoms with Gasteiger partial charge in [0.15, 0.2) is 0 Å². The van der Waals surface area contributed by atoms with Gasteiger partial charge in [-0.05, 0) is 6.42 Å². The van der Waals surface area contributed by atoms with Gasteiger partial charge in [-0.25, -0.2) is 4.79 Å². The van der Waals surface area contributed by atoms with Gasteiger partial charge < -0.3 is 21.9 Å². The standard InChI is InChI=1S/C8H17N3O3/c1-2-3-6(8(13)14)11-7(12)5(10)4-9/h5-6H,2-4,9-10H2,1H3,(H,11,12)(H,13,14)/t5?,6-/m0/s1. The van der Waals surface area contributed by atoms with Crippen LogP contribution < -0.4 is 16.8 Å². The molecule has 0 bridgehead atoms. The van der Waals surface area contributed by atoms with Crippen LogP contribution >= 0.6 is 0 Å². The van der Waals surface area contributed by atoms with Gasteiger partial charge in [0, 0.05) is 6.54 Å². The first-order chi connectivity index (χ1) is 6.52. The second-order valence-corrected chi connectivity index (χ2v) is 3.03. The molecule has 0 aliphatic rings. The molecule has 0 aromatic rings. The van der Waals surface area contributed by atoms with Crippen molar-refractivity contribution in [2.45, 2.75) is 31.8 Å². The van der Waals surface area contributed by atoms with Crippen molar-refractivity contribution < 1.29 is 14.7 Å². The number of hydrogen-bond acceptors (Lipinski definition) is 4. The Morgan fingerprint density at radius 1 is 1.50 bits per heavy atom. The Bertz CT molecular complexity index is 208. The van der Waals surface area contributed by atoms with Gasteiger partial charge in [-0.2, -0.15) is 0 Å². The number of nitrogens with one attached hydrogen (secondary N) is 1. The molecule has 0 aliphatic carbocycles. The van der Waals surface area contributed by atoms with E-state index in [9.17, 15) is 9.59 Å². The zero-order valence-electron chi connectivity index (χ0n) is 8.19. The first-order valence-corrected chi connectivity index (χ1v) is 4.51. The predicted octanol–water partition coefficient (Wildman–Crippen LogP) is -1.36. The molecule has 0 saturated heterocycles. The van der Waals surface area contributed by atoms with Crippen LogP contribution in [0.25, 0.3) is 0 Å². The van der Waals surface area contributed by atoms with Crippen molar-refractivity contribution in [3.05, 3.63) is 0 Å². The van der Waals surface area contributed by atoms with E-state index in [1.807, 2.05) is 6.92 Å². The summed E-state index contributed by atoms with van der Waals surface area (Å²) < 4.78 is 0. The van der Waals surface area contributed by atoms with Crippen LogP contribution in [0.5, 0.6) is 0 Å². The summed E-state index contributed by atoms with van der Waals surface area (Å²) in [6, 6.07) is -1.71. The van der Waals surface area contributed by atoms with Crippen LogP contribution in [-0.4, -0.2) is 35.6 Å². The molecule has 6 heteroatoms. The van der Waals surface area contributed by atoms with Gasteiger partial charge in [-0.1, -0.05) is 13.3 Å². The number of rotatable bonds is 6. The minimum Gasteiger partial charge on any atom is -0.480 e. The molecule has 0 rings (SSSR count). The summed E-state index contributed by atoms with van der Waals surface area (Å²) in [5.41, 5.74) is 10.5. The molecule has 82 valence electrons. The molecule has 0 aliphatic heterocycles. The average molecular weight is 203 g/mol. The largest absolute Gasteiger partial charge is 0.480 e. The smallest absolute Gasteiger partial charge is 0.326 e. The molecule has 1 amide bonds. The Balaban J connectivity index is 4.15. The predicted molar refractivity (Wildman–Crippen MR) is 51.5 cm³/mol. The number of hydrogen-bond donors (Lipinski definition) is 4. The molecule has 6 N–H and O–H groups in total. The first-order valence-electron chi connectivity index (χ1n) is 4.51. The van der Waals surface area contributed by atoms with Crippen molar-refractivity contribution in [3.8, 4) is 0 Å². The summed E-state index contributed by atoms with van der Waals surface area (Å²) in [4.78, 5) is 21.8. The van der Waals surface area contributed by atoms with E-state index in [0.717, 1.165) is 0 Å². The van der Waals surface area contributed by atoms with E-state index in [1.165, 1.54) is 0 Å². The lowest BCUT2D eigenvalue weighted by molar-refractivity contribution is -0.142. The second kappa shape index (κ2) is 6.33. The van der Waals surface area contributed by atoms with E-state index in [2.05, 4.69) is 5.32 Å². The van der Waals surface area contributed by atoms with Crippen LogP contribution in [-0.2, 0) is 9.59 Å². The maximum absolute atomic E-state index is 11.2. The third kappa shape index (κ3) is 4.20. The Labute approximate surface area is 82.6 Å². The van der Waals surface area contributed by atoms with E-state index in [1.54, 1.807) is 0 Å². The molecule has 0 heterocycles. The lowest BCUT2D eigenvalue weighted by Crippen LogP contribution is -2.51. The summed E-state index contributed by atoms with van der Waals surface area (Å²) >= 11 is 0. The van der Waals surface area contributed by atoms with Crippen molar-refractivity contribution in [1.82, 2.24) is 5.32 Å². The fourth-order valence-corrected chi connectivity index (χ4v) is 0.932. The van der Waals surface area contributed by atoms with E-state index in [-0.39, 0.29) is 6.54 Å². The molecule has 2 atom stereocenters. The number of nitrogens with two attached hydrogens (primary N) is 2. The summed E-state index contributed by atoms with van der Waals surface area (Å²) in [7, 11) is 0. The van der Waals surface area contributed by atoms with Crippen LogP contribution in [0.4, 0.5) is 0 Å². The summed E-state index contributed by atoms with van der Waals surface area (Å²) in [5, 5.41) is 11.0. The minimum absolute atomic E-state index is 0.00426. The number of amides is 1. The van der Waals surface area contributed by atoms with Crippen molar-refractivity contribution in [2.75, 3.05) is 6.54 Å². The van der Waals surface area contributed by atoms with Crippen LogP contribution in [0.2, 0.25) is 0 Å². The Hall–Kier alpha value is -1.14. The fourth-order valence-electron chi connectivity index (χ4n) is 0.932. The third-order valence-corrected chi connectivity index (χ3v) is 1.78. The molecule has 0 fully saturated rings. The number of carboxylic acids is 1. The maximum atomic E-state index is 11.2. The van der Waals surface area contributed by atoms with Gasteiger partial charge in [-0.3, -0.25) is 4.79 Å². The molecule has 6 nitrogen and oxygen atoms in total. The van der Waals surface area contributed by atoms with Crippen LogP contribution in [0.3, 0.4) is 0 Å². The zero-order valence-corrected chi connectivity index (χ0v) is 8.19. The minimum atomic E-state index is -1.05. The third-order valence-electron chi connectivity index (χ3n) is 1.78. The average Bonchev–Trinajstić information content (AvgIpc) is 2.15. The molecular weight excluding hydrogens is 186 g/mol. The number of carboxylic acid groups (broad SMARTS) is 1. The number of aliphatic carboxylic acids is 1. The summed E-state index contributed by atoms with van der Waals surface area (Å²) in [6.45, 7) is 1.84. The maximum Gasteiger partial charge on any atom is 0.326 e. The zero-order chi connectivity index (χ0) is 11.1. The number of carbonyl (C=O) groups is 2. The van der Waals surface area contributed by atoms with Gasteiger partial charge in [0.1, 0.15) is 6.04 Å². The van der Waals surface area contributed by atoms with Crippen LogP contribution in [0, 0.1) is 0 Å². The second-order valence-electron chi connectivity index (χ2n) is 3.03. The van der Waals surface area contributed by atoms with Gasteiger partial charge >= 0.3 is 5.97 Å². The van der Waals surface area contributed by atoms with Gasteiger partial charge in [0.05, 0.1) is 6.04 Å². The highest BCUT2D eigenvalue weighted by atomic mass is 16.4. The van der Waals surface area contributed by atoms with Gasteiger partial charge in [-0.15, -0.1) is 0 Å². The Morgan fingerprint density at radius 3 is 2.43 bits per heavy atom. The number of carbonyl (C=O) groups excluding carboxylic acids is 1. The first kappa shape index (κ1) is 12.9. The van der Waals surface area contributed by atoms with Crippen LogP contribution in [0.1, 0.15) is 19.8 Å². The molecule has 0 aromatic carbocycles. The normalized spacial score (nSPS) is 14.5. The van der Waals surface area contributed by atoms with E-state index >= 15 is 0 Å². The highest BCUT2D eigenvalue weighted by Crippen LogP contribution is 1.96. The molecule has 1 unspecified atom stereocenters. The summed E-state index contributed by atoms with van der Waals surface area (Å²) in [5.74, 6) is -1.57. The fraction of sp³-hybridized carbons (Fsp3) is 0.750. The molecular formula is C8H17N3O3. The molecule has 0 saturated carbocycles. The molecule has 0 aromatic heterocycles. The topological polar surface area (TPSA) is 118 Å². The molecule has 14 heavy (non-hydrogen) atoms. The van der Waals surface area contributed by atoms with E-state index in [0.29, 0.717) is 12.8 Å². The van der Waals surface area contributed by atoms with Crippen molar-refractivity contribution in [2.24, 2.45) is 11.5 Å². The van der Waals surface area contributed by atoms with Gasteiger partial charge in [0.2, 0.25) is 5.91 Å². The Kier molecular flexibility index (Phi) is 5.82. The van der Waals surface area contributed by atoms with Crippen molar-refractivity contribution in [3.63, 3.8) is 0 Å². The summed E-state index contributed by atoms with van der Waals surface area (Å²) in [6.07, 6.45) is 1.06. The quantitative estimate of drug-likeness (QED) is 0.425. The molecule has 0 spiro atoms. The van der Waals surface area contributed by atoms with Crippen LogP contribution in [0.15, 0.2) is 0 Å². The highest BCUT2D eigenvalue weighted by molar-refractivity contribution is 5.86. The lowest BCUT2D eigenvalue weighted by Gasteiger charge is -2.16. The van der Waals surface area contributed by atoms with Crippen molar-refractivity contribution in [1.29, 1.82) is 0 Å². The van der Waals surface area contributed by atoms with Gasteiger partial charge in [0.25, 0.3) is 0 Å². The van der Waals surface area contributed by atoms with Crippen molar-refractivity contribution >= 4 is 11.9 Å². The monoisotopic (exact) mass is 203 g/mol. The highest BCUT2D eigenvalue weighted by Gasteiger charge is 2.21. The Morgan fingerprint density at radius 2 is 2.07 bits per heavy atom. The van der Waals surface area contributed by atoms with E-state index in [4.69, 9.17) is 16.6 Å². The molecule has 0 radical (unpaired) electrons. The SMILES string of the molecule is CCC[C@H](NC(=O)C(N)CN)C(=O)O.